The minimum absolute atomic E-state index is 0.0633. The molecule has 0 aliphatic rings. The van der Waals surface area contributed by atoms with Gasteiger partial charge >= 0.3 is 0 Å². The first-order chi connectivity index (χ1) is 10.5. The van der Waals surface area contributed by atoms with Gasteiger partial charge in [0, 0.05) is 5.56 Å². The molecule has 0 spiro atoms. The second kappa shape index (κ2) is 5.40. The lowest BCUT2D eigenvalue weighted by Crippen LogP contribution is -2.17. The van der Waals surface area contributed by atoms with Crippen LogP contribution in [0.25, 0.3) is 16.9 Å². The first kappa shape index (κ1) is 14.5. The average Bonchev–Trinajstić information content (AvgIpc) is 2.96. The largest absolute Gasteiger partial charge is 0.240 e. The summed E-state index contributed by atoms with van der Waals surface area (Å²) in [5.74, 6) is 0. The summed E-state index contributed by atoms with van der Waals surface area (Å²) in [5, 5.41) is 9.65. The Bertz CT molecular complexity index is 916. The van der Waals surface area contributed by atoms with Crippen molar-refractivity contribution in [3.05, 3.63) is 66.4 Å². The Morgan fingerprint density at radius 2 is 1.73 bits per heavy atom. The Hall–Kier alpha value is -2.44. The maximum Gasteiger partial charge on any atom is 0.240 e. The second-order valence-corrected chi connectivity index (χ2v) is 6.49. The number of sulfonamides is 1. The van der Waals surface area contributed by atoms with Crippen LogP contribution in [-0.2, 0) is 10.0 Å². The third-order valence-corrected chi connectivity index (χ3v) is 4.37. The molecule has 0 saturated carbocycles. The fourth-order valence-corrected chi connectivity index (χ4v) is 3.23. The molecule has 0 unspecified atom stereocenters. The number of benzene rings is 2. The molecule has 0 radical (unpaired) electrons. The number of nitrogens with two attached hydrogens (primary N) is 1. The quantitative estimate of drug-likeness (QED) is 0.807. The number of aromatic nitrogens is 2. The molecule has 1 heterocycles. The molecule has 112 valence electrons. The highest BCUT2D eigenvalue weighted by atomic mass is 32.2. The molecule has 1 aromatic heterocycles. The van der Waals surface area contributed by atoms with Crippen molar-refractivity contribution in [3.63, 3.8) is 0 Å². The maximum absolute atomic E-state index is 11.9. The van der Waals surface area contributed by atoms with Crippen molar-refractivity contribution in [2.24, 2.45) is 5.14 Å². The van der Waals surface area contributed by atoms with Gasteiger partial charge in [0.1, 0.15) is 4.90 Å². The summed E-state index contributed by atoms with van der Waals surface area (Å²) in [5.41, 5.74) is 3.02. The summed E-state index contributed by atoms with van der Waals surface area (Å²) in [4.78, 5) is 0.0633. The van der Waals surface area contributed by atoms with Gasteiger partial charge in [0.2, 0.25) is 10.0 Å². The van der Waals surface area contributed by atoms with Gasteiger partial charge in [-0.1, -0.05) is 42.5 Å². The Kier molecular flexibility index (Phi) is 3.56. The van der Waals surface area contributed by atoms with E-state index in [1.54, 1.807) is 16.9 Å². The Balaban J connectivity index is 2.30. The molecule has 3 aromatic rings. The lowest BCUT2D eigenvalue weighted by atomic mass is 10.1. The number of hydrogen-bond donors (Lipinski definition) is 1. The van der Waals surface area contributed by atoms with E-state index in [1.165, 1.54) is 6.07 Å². The summed E-state index contributed by atoms with van der Waals surface area (Å²) in [6.45, 7) is 1.83. The highest BCUT2D eigenvalue weighted by Crippen LogP contribution is 2.28. The topological polar surface area (TPSA) is 78.0 Å². The van der Waals surface area contributed by atoms with Gasteiger partial charge in [-0.3, -0.25) is 0 Å². The summed E-state index contributed by atoms with van der Waals surface area (Å²) < 4.78 is 25.4. The number of hydrogen-bond acceptors (Lipinski definition) is 3. The monoisotopic (exact) mass is 313 g/mol. The lowest BCUT2D eigenvalue weighted by molar-refractivity contribution is 0.596. The van der Waals surface area contributed by atoms with E-state index in [4.69, 9.17) is 5.14 Å². The highest BCUT2D eigenvalue weighted by Gasteiger charge is 2.19. The van der Waals surface area contributed by atoms with E-state index in [-0.39, 0.29) is 4.90 Å². The third-order valence-electron chi connectivity index (χ3n) is 3.43. The van der Waals surface area contributed by atoms with Crippen LogP contribution in [0.3, 0.4) is 0 Å². The van der Waals surface area contributed by atoms with Crippen LogP contribution in [-0.4, -0.2) is 18.2 Å². The van der Waals surface area contributed by atoms with E-state index in [9.17, 15) is 8.42 Å². The highest BCUT2D eigenvalue weighted by molar-refractivity contribution is 7.89. The molecule has 0 fully saturated rings. The molecular formula is C16H15N3O2S. The van der Waals surface area contributed by atoms with Crippen LogP contribution in [0.5, 0.6) is 0 Å². The molecule has 3 rings (SSSR count). The molecule has 0 atom stereocenters. The predicted molar refractivity (Wildman–Crippen MR) is 85.1 cm³/mol. The number of primary sulfonamides is 1. The molecule has 6 heteroatoms. The van der Waals surface area contributed by atoms with Crippen molar-refractivity contribution in [3.8, 4) is 16.9 Å². The smallest absolute Gasteiger partial charge is 0.231 e. The first-order valence-corrected chi connectivity index (χ1v) is 8.25. The van der Waals surface area contributed by atoms with E-state index >= 15 is 0 Å². The zero-order chi connectivity index (χ0) is 15.7. The van der Waals surface area contributed by atoms with Crippen LogP contribution in [0.1, 0.15) is 5.56 Å². The van der Waals surface area contributed by atoms with Crippen LogP contribution in [0, 0.1) is 6.92 Å². The van der Waals surface area contributed by atoms with Crippen LogP contribution in [0.2, 0.25) is 0 Å². The van der Waals surface area contributed by atoms with Crippen molar-refractivity contribution in [1.29, 1.82) is 0 Å². The minimum Gasteiger partial charge on any atom is -0.231 e. The van der Waals surface area contributed by atoms with Gasteiger partial charge in [-0.05, 0) is 24.6 Å². The van der Waals surface area contributed by atoms with Gasteiger partial charge in [-0.15, -0.1) is 0 Å². The van der Waals surface area contributed by atoms with Gasteiger partial charge in [0.25, 0.3) is 0 Å². The molecule has 5 nitrogen and oxygen atoms in total. The van der Waals surface area contributed by atoms with Crippen molar-refractivity contribution in [1.82, 2.24) is 9.78 Å². The fourth-order valence-electron chi connectivity index (χ4n) is 2.44. The summed E-state index contributed by atoms with van der Waals surface area (Å²) >= 11 is 0. The molecule has 2 aromatic carbocycles. The zero-order valence-electron chi connectivity index (χ0n) is 12.0. The van der Waals surface area contributed by atoms with E-state index in [2.05, 4.69) is 5.10 Å². The minimum atomic E-state index is -3.84. The van der Waals surface area contributed by atoms with Crippen LogP contribution >= 0.6 is 0 Å². The fraction of sp³-hybridized carbons (Fsp3) is 0.0625. The molecule has 0 bridgehead atoms. The Morgan fingerprint density at radius 1 is 1.00 bits per heavy atom. The molecule has 0 amide bonds. The van der Waals surface area contributed by atoms with E-state index in [1.807, 2.05) is 49.4 Å². The second-order valence-electron chi connectivity index (χ2n) is 4.96. The third kappa shape index (κ3) is 2.54. The summed E-state index contributed by atoms with van der Waals surface area (Å²) in [6.07, 6.45) is 1.64. The molecule has 22 heavy (non-hydrogen) atoms. The number of nitrogens with zero attached hydrogens (tertiary/aromatic N) is 2. The predicted octanol–water partition coefficient (Wildman–Crippen LogP) is 2.50. The number of para-hydroxylation sites is 1. The van der Waals surface area contributed by atoms with Gasteiger partial charge in [-0.2, -0.15) is 5.10 Å². The maximum atomic E-state index is 11.9. The molecule has 0 aliphatic heterocycles. The van der Waals surface area contributed by atoms with Crippen LogP contribution in [0.4, 0.5) is 0 Å². The van der Waals surface area contributed by atoms with Gasteiger partial charge in [-0.25, -0.2) is 18.2 Å². The number of aryl methyl sites for hydroxylation is 1. The summed E-state index contributed by atoms with van der Waals surface area (Å²) in [7, 11) is -3.84. The van der Waals surface area contributed by atoms with Crippen molar-refractivity contribution in [2.45, 2.75) is 11.8 Å². The normalized spacial score (nSPS) is 11.5. The average molecular weight is 313 g/mol. The van der Waals surface area contributed by atoms with Crippen LogP contribution in [0.15, 0.2) is 65.7 Å². The zero-order valence-corrected chi connectivity index (χ0v) is 12.8. The SMILES string of the molecule is Cc1cccc(S(N)(=O)=O)c1-n1nccc1-c1ccccc1. The standard InChI is InChI=1S/C16H15N3O2S/c1-12-6-5-9-15(22(17,20)21)16(12)19-14(10-11-18-19)13-7-3-2-4-8-13/h2-11H,1H3,(H2,17,20,21). The van der Waals surface area contributed by atoms with Crippen molar-refractivity contribution in [2.75, 3.05) is 0 Å². The Morgan fingerprint density at radius 3 is 2.41 bits per heavy atom. The number of rotatable bonds is 3. The van der Waals surface area contributed by atoms with E-state index in [0.717, 1.165) is 16.8 Å². The molecule has 0 saturated heterocycles. The van der Waals surface area contributed by atoms with Gasteiger partial charge in [0.05, 0.1) is 17.6 Å². The molecular weight excluding hydrogens is 298 g/mol. The van der Waals surface area contributed by atoms with Crippen molar-refractivity contribution < 1.29 is 8.42 Å². The molecule has 0 aliphatic carbocycles. The van der Waals surface area contributed by atoms with Crippen molar-refractivity contribution >= 4 is 10.0 Å². The summed E-state index contributed by atoms with van der Waals surface area (Å²) in [6, 6.07) is 16.5. The lowest BCUT2D eigenvalue weighted by Gasteiger charge is -2.14. The van der Waals surface area contributed by atoms with Crippen LogP contribution < -0.4 is 5.14 Å². The first-order valence-electron chi connectivity index (χ1n) is 6.71. The van der Waals surface area contributed by atoms with E-state index in [0.29, 0.717) is 5.69 Å². The molecule has 2 N–H and O–H groups in total. The Labute approximate surface area is 129 Å². The van der Waals surface area contributed by atoms with E-state index < -0.39 is 10.0 Å². The van der Waals surface area contributed by atoms with Gasteiger partial charge in [0.15, 0.2) is 0 Å². The van der Waals surface area contributed by atoms with Gasteiger partial charge < -0.3 is 0 Å².